The number of rotatable bonds is 3. The first-order chi connectivity index (χ1) is 10.2. The molecule has 4 heteroatoms. The van der Waals surface area contributed by atoms with Crippen LogP contribution >= 0.6 is 0 Å². The van der Waals surface area contributed by atoms with Crippen molar-refractivity contribution in [3.63, 3.8) is 0 Å². The van der Waals surface area contributed by atoms with Crippen LogP contribution in [0.4, 0.5) is 5.69 Å². The molecule has 0 radical (unpaired) electrons. The Morgan fingerprint density at radius 3 is 2.38 bits per heavy atom. The zero-order valence-corrected chi connectivity index (χ0v) is 11.8. The van der Waals surface area contributed by atoms with E-state index in [0.29, 0.717) is 0 Å². The summed E-state index contributed by atoms with van der Waals surface area (Å²) < 4.78 is 0. The molecular weight excluding hydrogens is 264 g/mol. The Kier molecular flexibility index (Phi) is 3.86. The molecule has 0 aliphatic carbocycles. The molecule has 2 heterocycles. The monoisotopic (exact) mass is 282 g/mol. The highest BCUT2D eigenvalue weighted by Gasteiger charge is 2.24. The van der Waals surface area contributed by atoms with E-state index >= 15 is 0 Å². The zero-order valence-electron chi connectivity index (χ0n) is 11.8. The SMILES string of the molecule is O=C(O)C1CCN(c2ccc(-c3ccccn3)cc2)CC1. The lowest BCUT2D eigenvalue weighted by molar-refractivity contribution is -0.142. The molecule has 1 aromatic heterocycles. The number of pyridine rings is 1. The molecule has 0 unspecified atom stereocenters. The number of hydrogen-bond donors (Lipinski definition) is 1. The van der Waals surface area contributed by atoms with Crippen molar-refractivity contribution in [3.05, 3.63) is 48.7 Å². The largest absolute Gasteiger partial charge is 0.481 e. The predicted octanol–water partition coefficient (Wildman–Crippen LogP) is 3.05. The number of hydrogen-bond acceptors (Lipinski definition) is 3. The summed E-state index contributed by atoms with van der Waals surface area (Å²) in [5, 5.41) is 9.03. The number of aliphatic carboxylic acids is 1. The Bertz CT molecular complexity index is 602. The quantitative estimate of drug-likeness (QED) is 0.940. The third kappa shape index (κ3) is 3.05. The van der Waals surface area contributed by atoms with Gasteiger partial charge in [0.15, 0.2) is 0 Å². The van der Waals surface area contributed by atoms with Crippen molar-refractivity contribution in [2.45, 2.75) is 12.8 Å². The first-order valence-electron chi connectivity index (χ1n) is 7.23. The first kappa shape index (κ1) is 13.6. The molecule has 108 valence electrons. The molecule has 1 aliphatic heterocycles. The van der Waals surface area contributed by atoms with E-state index in [4.69, 9.17) is 5.11 Å². The fraction of sp³-hybridized carbons (Fsp3) is 0.294. The molecule has 1 saturated heterocycles. The van der Waals surface area contributed by atoms with Gasteiger partial charge in [-0.05, 0) is 37.1 Å². The molecule has 0 amide bonds. The third-order valence-corrected chi connectivity index (χ3v) is 4.04. The normalized spacial score (nSPS) is 15.9. The summed E-state index contributed by atoms with van der Waals surface area (Å²) in [6, 6.07) is 14.2. The summed E-state index contributed by atoms with van der Waals surface area (Å²) in [7, 11) is 0. The Morgan fingerprint density at radius 2 is 1.81 bits per heavy atom. The number of aromatic nitrogens is 1. The number of anilines is 1. The molecular formula is C17H18N2O2. The van der Waals surface area contributed by atoms with Crippen LogP contribution in [-0.4, -0.2) is 29.1 Å². The fourth-order valence-corrected chi connectivity index (χ4v) is 2.76. The minimum absolute atomic E-state index is 0.186. The summed E-state index contributed by atoms with van der Waals surface area (Å²) in [5.74, 6) is -0.853. The third-order valence-electron chi connectivity index (χ3n) is 4.04. The van der Waals surface area contributed by atoms with Crippen molar-refractivity contribution >= 4 is 11.7 Å². The lowest BCUT2D eigenvalue weighted by Gasteiger charge is -2.32. The lowest BCUT2D eigenvalue weighted by Crippen LogP contribution is -2.36. The topological polar surface area (TPSA) is 53.4 Å². The summed E-state index contributed by atoms with van der Waals surface area (Å²) >= 11 is 0. The van der Waals surface area contributed by atoms with E-state index in [2.05, 4.69) is 34.1 Å². The second kappa shape index (κ2) is 5.95. The van der Waals surface area contributed by atoms with Crippen molar-refractivity contribution in [1.29, 1.82) is 0 Å². The van der Waals surface area contributed by atoms with Gasteiger partial charge in [-0.2, -0.15) is 0 Å². The number of piperidine rings is 1. The highest BCUT2D eigenvalue weighted by molar-refractivity contribution is 5.70. The van der Waals surface area contributed by atoms with Gasteiger partial charge in [0.05, 0.1) is 11.6 Å². The lowest BCUT2D eigenvalue weighted by atomic mass is 9.96. The van der Waals surface area contributed by atoms with Gasteiger partial charge in [0.2, 0.25) is 0 Å². The minimum Gasteiger partial charge on any atom is -0.481 e. The maximum absolute atomic E-state index is 11.0. The van der Waals surface area contributed by atoms with E-state index in [1.54, 1.807) is 6.20 Å². The van der Waals surface area contributed by atoms with Crippen LogP contribution in [0.5, 0.6) is 0 Å². The molecule has 0 atom stereocenters. The molecule has 2 aromatic rings. The van der Waals surface area contributed by atoms with E-state index in [1.807, 2.05) is 18.2 Å². The molecule has 0 saturated carbocycles. The maximum Gasteiger partial charge on any atom is 0.306 e. The second-order valence-corrected chi connectivity index (χ2v) is 5.36. The molecule has 0 bridgehead atoms. The Balaban J connectivity index is 1.69. The van der Waals surface area contributed by atoms with Gasteiger partial charge in [-0.25, -0.2) is 0 Å². The van der Waals surface area contributed by atoms with Gasteiger partial charge in [0.25, 0.3) is 0 Å². The molecule has 3 rings (SSSR count). The maximum atomic E-state index is 11.0. The van der Waals surface area contributed by atoms with Crippen LogP contribution < -0.4 is 4.90 Å². The van der Waals surface area contributed by atoms with Crippen molar-refractivity contribution in [2.24, 2.45) is 5.92 Å². The molecule has 0 spiro atoms. The molecule has 1 N–H and O–H groups in total. The molecule has 1 fully saturated rings. The number of carboxylic acids is 1. The van der Waals surface area contributed by atoms with Crippen LogP contribution in [0, 0.1) is 5.92 Å². The van der Waals surface area contributed by atoms with Gasteiger partial charge in [-0.15, -0.1) is 0 Å². The van der Waals surface area contributed by atoms with E-state index in [1.165, 1.54) is 0 Å². The highest BCUT2D eigenvalue weighted by atomic mass is 16.4. The Hall–Kier alpha value is -2.36. The number of nitrogens with zero attached hydrogens (tertiary/aromatic N) is 2. The van der Waals surface area contributed by atoms with Crippen molar-refractivity contribution < 1.29 is 9.90 Å². The van der Waals surface area contributed by atoms with Gasteiger partial charge < -0.3 is 10.0 Å². The van der Waals surface area contributed by atoms with E-state index in [0.717, 1.165) is 42.9 Å². The molecule has 4 nitrogen and oxygen atoms in total. The van der Waals surface area contributed by atoms with Crippen LogP contribution in [0.25, 0.3) is 11.3 Å². The van der Waals surface area contributed by atoms with Gasteiger partial charge in [0.1, 0.15) is 0 Å². The van der Waals surface area contributed by atoms with Gasteiger partial charge >= 0.3 is 5.97 Å². The smallest absolute Gasteiger partial charge is 0.306 e. The molecule has 21 heavy (non-hydrogen) atoms. The Morgan fingerprint density at radius 1 is 1.10 bits per heavy atom. The Labute approximate surface area is 124 Å². The van der Waals surface area contributed by atoms with Crippen LogP contribution in [-0.2, 0) is 4.79 Å². The van der Waals surface area contributed by atoms with E-state index in [9.17, 15) is 4.79 Å². The standard InChI is InChI=1S/C17H18N2O2/c20-17(21)14-8-11-19(12-9-14)15-6-4-13(5-7-15)16-3-1-2-10-18-16/h1-7,10,14H,8-9,11-12H2,(H,20,21). The minimum atomic E-state index is -0.667. The van der Waals surface area contributed by atoms with Crippen LogP contribution in [0.1, 0.15) is 12.8 Å². The number of benzene rings is 1. The summed E-state index contributed by atoms with van der Waals surface area (Å²) in [4.78, 5) is 17.6. The average molecular weight is 282 g/mol. The fourth-order valence-electron chi connectivity index (χ4n) is 2.76. The van der Waals surface area contributed by atoms with Crippen molar-refractivity contribution in [1.82, 2.24) is 4.98 Å². The highest BCUT2D eigenvalue weighted by Crippen LogP contribution is 2.26. The van der Waals surface area contributed by atoms with Crippen LogP contribution in [0.15, 0.2) is 48.7 Å². The van der Waals surface area contributed by atoms with Crippen molar-refractivity contribution in [3.8, 4) is 11.3 Å². The second-order valence-electron chi connectivity index (χ2n) is 5.36. The van der Waals surface area contributed by atoms with Gasteiger partial charge in [0, 0.05) is 30.5 Å². The van der Waals surface area contributed by atoms with Gasteiger partial charge in [-0.3, -0.25) is 9.78 Å². The zero-order chi connectivity index (χ0) is 14.7. The van der Waals surface area contributed by atoms with Crippen molar-refractivity contribution in [2.75, 3.05) is 18.0 Å². The summed E-state index contributed by atoms with van der Waals surface area (Å²) in [5.41, 5.74) is 3.21. The van der Waals surface area contributed by atoms with Gasteiger partial charge in [-0.1, -0.05) is 18.2 Å². The van der Waals surface area contributed by atoms with E-state index in [-0.39, 0.29) is 5.92 Å². The molecule has 1 aliphatic rings. The average Bonchev–Trinajstić information content (AvgIpc) is 2.56. The van der Waals surface area contributed by atoms with Crippen LogP contribution in [0.3, 0.4) is 0 Å². The predicted molar refractivity (Wildman–Crippen MR) is 82.2 cm³/mol. The molecule has 1 aromatic carbocycles. The summed E-state index contributed by atoms with van der Waals surface area (Å²) in [6.07, 6.45) is 3.23. The first-order valence-corrected chi connectivity index (χ1v) is 7.23. The number of carboxylic acid groups (broad SMARTS) is 1. The summed E-state index contributed by atoms with van der Waals surface area (Å²) in [6.45, 7) is 1.61. The van der Waals surface area contributed by atoms with Crippen LogP contribution in [0.2, 0.25) is 0 Å². The number of carbonyl (C=O) groups is 1. The van der Waals surface area contributed by atoms with E-state index < -0.39 is 5.97 Å².